The summed E-state index contributed by atoms with van der Waals surface area (Å²) in [6.07, 6.45) is 0. The standard InChI is InChI=1S/C10H14N2O2/c1-6(4-11)5-12-9(13)7(2)8(3)10(12)14/h6-8H,5H2,1-3H3. The van der Waals surface area contributed by atoms with E-state index in [9.17, 15) is 9.59 Å². The molecule has 76 valence electrons. The second-order valence-electron chi connectivity index (χ2n) is 3.89. The molecule has 0 bridgehead atoms. The van der Waals surface area contributed by atoms with Crippen molar-refractivity contribution in [2.24, 2.45) is 17.8 Å². The van der Waals surface area contributed by atoms with E-state index >= 15 is 0 Å². The molecular weight excluding hydrogens is 180 g/mol. The second kappa shape index (κ2) is 3.79. The normalized spacial score (nSPS) is 29.1. The quantitative estimate of drug-likeness (QED) is 0.610. The van der Waals surface area contributed by atoms with Crippen molar-refractivity contribution < 1.29 is 9.59 Å². The van der Waals surface area contributed by atoms with Gasteiger partial charge in [0.05, 0.1) is 12.0 Å². The maximum Gasteiger partial charge on any atom is 0.232 e. The van der Waals surface area contributed by atoms with Gasteiger partial charge >= 0.3 is 0 Å². The summed E-state index contributed by atoms with van der Waals surface area (Å²) in [6, 6.07) is 2.02. The Kier molecular flexibility index (Phi) is 2.90. The predicted octanol–water partition coefficient (Wildman–Crippen LogP) is 0.787. The van der Waals surface area contributed by atoms with Crippen molar-refractivity contribution in [3.05, 3.63) is 0 Å². The van der Waals surface area contributed by atoms with E-state index in [1.54, 1.807) is 20.8 Å². The van der Waals surface area contributed by atoms with Crippen LogP contribution in [-0.2, 0) is 9.59 Å². The minimum absolute atomic E-state index is 0.149. The van der Waals surface area contributed by atoms with Gasteiger partial charge in [-0.3, -0.25) is 14.5 Å². The van der Waals surface area contributed by atoms with Crippen molar-refractivity contribution in [2.75, 3.05) is 6.54 Å². The Morgan fingerprint density at radius 2 is 1.79 bits per heavy atom. The largest absolute Gasteiger partial charge is 0.281 e. The first-order chi connectivity index (χ1) is 6.49. The summed E-state index contributed by atoms with van der Waals surface area (Å²) in [7, 11) is 0. The van der Waals surface area contributed by atoms with Crippen molar-refractivity contribution >= 4 is 11.8 Å². The van der Waals surface area contributed by atoms with Gasteiger partial charge in [-0.15, -0.1) is 0 Å². The van der Waals surface area contributed by atoms with Gasteiger partial charge in [-0.1, -0.05) is 13.8 Å². The Morgan fingerprint density at radius 3 is 2.14 bits per heavy atom. The number of hydrogen-bond donors (Lipinski definition) is 0. The molecule has 0 spiro atoms. The molecule has 0 aromatic rings. The van der Waals surface area contributed by atoms with Gasteiger partial charge in [-0.2, -0.15) is 5.26 Å². The molecule has 0 aromatic carbocycles. The third-order valence-corrected chi connectivity index (χ3v) is 2.74. The molecule has 1 fully saturated rings. The second-order valence-corrected chi connectivity index (χ2v) is 3.89. The van der Waals surface area contributed by atoms with Crippen molar-refractivity contribution in [1.29, 1.82) is 5.26 Å². The van der Waals surface area contributed by atoms with Crippen LogP contribution in [0, 0.1) is 29.1 Å². The van der Waals surface area contributed by atoms with Crippen molar-refractivity contribution in [3.8, 4) is 6.07 Å². The molecule has 0 aliphatic carbocycles. The van der Waals surface area contributed by atoms with Crippen molar-refractivity contribution in [3.63, 3.8) is 0 Å². The lowest BCUT2D eigenvalue weighted by Crippen LogP contribution is -2.34. The Morgan fingerprint density at radius 1 is 1.36 bits per heavy atom. The van der Waals surface area contributed by atoms with Gasteiger partial charge in [0.15, 0.2) is 0 Å². The van der Waals surface area contributed by atoms with Crippen LogP contribution < -0.4 is 0 Å². The minimum atomic E-state index is -0.291. The third kappa shape index (κ3) is 1.63. The van der Waals surface area contributed by atoms with Gasteiger partial charge in [0.2, 0.25) is 11.8 Å². The number of nitrogens with zero attached hydrogens (tertiary/aromatic N) is 2. The van der Waals surface area contributed by atoms with E-state index in [1.165, 1.54) is 4.90 Å². The zero-order valence-electron chi connectivity index (χ0n) is 8.65. The lowest BCUT2D eigenvalue weighted by atomic mass is 10.00. The maximum atomic E-state index is 11.6. The van der Waals surface area contributed by atoms with E-state index in [0.29, 0.717) is 0 Å². The molecular formula is C10H14N2O2. The highest BCUT2D eigenvalue weighted by Gasteiger charge is 2.42. The highest BCUT2D eigenvalue weighted by molar-refractivity contribution is 6.04. The third-order valence-electron chi connectivity index (χ3n) is 2.74. The monoisotopic (exact) mass is 194 g/mol. The number of amides is 2. The Labute approximate surface area is 83.5 Å². The SMILES string of the molecule is CC(C#N)CN1C(=O)C(C)C(C)C1=O. The van der Waals surface area contributed by atoms with Crippen LogP contribution in [0.2, 0.25) is 0 Å². The summed E-state index contributed by atoms with van der Waals surface area (Å²) in [5.74, 6) is -1.07. The highest BCUT2D eigenvalue weighted by atomic mass is 16.2. The van der Waals surface area contributed by atoms with Crippen LogP contribution in [0.5, 0.6) is 0 Å². The molecule has 0 saturated carbocycles. The first kappa shape index (κ1) is 10.7. The van der Waals surface area contributed by atoms with E-state index in [-0.39, 0.29) is 36.1 Å². The van der Waals surface area contributed by atoms with Crippen LogP contribution in [0.3, 0.4) is 0 Å². The van der Waals surface area contributed by atoms with Crippen LogP contribution in [0.1, 0.15) is 20.8 Å². The molecule has 1 rings (SSSR count). The van der Waals surface area contributed by atoms with Crippen LogP contribution in [0.15, 0.2) is 0 Å². The molecule has 0 N–H and O–H groups in total. The molecule has 0 aromatic heterocycles. The first-order valence-electron chi connectivity index (χ1n) is 4.73. The summed E-state index contributed by atoms with van der Waals surface area (Å²) in [6.45, 7) is 5.43. The summed E-state index contributed by atoms with van der Waals surface area (Å²) in [5, 5.41) is 8.60. The van der Waals surface area contributed by atoms with Gasteiger partial charge in [0, 0.05) is 18.4 Å². The van der Waals surface area contributed by atoms with E-state index in [0.717, 1.165) is 0 Å². The van der Waals surface area contributed by atoms with E-state index in [1.807, 2.05) is 6.07 Å². The van der Waals surface area contributed by atoms with Crippen molar-refractivity contribution in [1.82, 2.24) is 4.90 Å². The van der Waals surface area contributed by atoms with Gasteiger partial charge in [-0.25, -0.2) is 0 Å². The fourth-order valence-corrected chi connectivity index (χ4v) is 1.52. The minimum Gasteiger partial charge on any atom is -0.281 e. The topological polar surface area (TPSA) is 61.2 Å². The molecule has 3 atom stereocenters. The number of rotatable bonds is 2. The number of carbonyl (C=O) groups is 2. The van der Waals surface area contributed by atoms with Crippen LogP contribution in [0.4, 0.5) is 0 Å². The number of imide groups is 1. The van der Waals surface area contributed by atoms with Gasteiger partial charge in [-0.05, 0) is 6.92 Å². The molecule has 1 aliphatic rings. The van der Waals surface area contributed by atoms with Crippen LogP contribution >= 0.6 is 0 Å². The fraction of sp³-hybridized carbons (Fsp3) is 0.700. The first-order valence-corrected chi connectivity index (χ1v) is 4.73. The molecule has 1 aliphatic heterocycles. The number of hydrogen-bond acceptors (Lipinski definition) is 3. The Hall–Kier alpha value is -1.37. The zero-order chi connectivity index (χ0) is 10.9. The molecule has 4 heteroatoms. The predicted molar refractivity (Wildman–Crippen MR) is 49.8 cm³/mol. The average molecular weight is 194 g/mol. The van der Waals surface area contributed by atoms with Crippen LogP contribution in [0.25, 0.3) is 0 Å². The molecule has 4 nitrogen and oxygen atoms in total. The lowest BCUT2D eigenvalue weighted by Gasteiger charge is -2.15. The zero-order valence-corrected chi connectivity index (χ0v) is 8.65. The maximum absolute atomic E-state index is 11.6. The van der Waals surface area contributed by atoms with E-state index in [2.05, 4.69) is 0 Å². The number of carbonyl (C=O) groups excluding carboxylic acids is 2. The van der Waals surface area contributed by atoms with Gasteiger partial charge in [0.25, 0.3) is 0 Å². The average Bonchev–Trinajstić information content (AvgIpc) is 2.35. The highest BCUT2D eigenvalue weighted by Crippen LogP contribution is 2.25. The van der Waals surface area contributed by atoms with E-state index < -0.39 is 0 Å². The summed E-state index contributed by atoms with van der Waals surface area (Å²) < 4.78 is 0. The molecule has 1 saturated heterocycles. The number of likely N-dealkylation sites (tertiary alicyclic amines) is 1. The summed E-state index contributed by atoms with van der Waals surface area (Å²) in [4.78, 5) is 24.4. The molecule has 0 radical (unpaired) electrons. The molecule has 2 amide bonds. The molecule has 14 heavy (non-hydrogen) atoms. The fourth-order valence-electron chi connectivity index (χ4n) is 1.52. The van der Waals surface area contributed by atoms with Gasteiger partial charge < -0.3 is 0 Å². The summed E-state index contributed by atoms with van der Waals surface area (Å²) >= 11 is 0. The molecule has 3 unspecified atom stereocenters. The summed E-state index contributed by atoms with van der Waals surface area (Å²) in [5.41, 5.74) is 0. The van der Waals surface area contributed by atoms with Gasteiger partial charge in [0.1, 0.15) is 0 Å². The smallest absolute Gasteiger partial charge is 0.232 e. The number of nitriles is 1. The Balaban J connectivity index is 2.76. The lowest BCUT2D eigenvalue weighted by molar-refractivity contribution is -0.140. The Bertz CT molecular complexity index is 286. The van der Waals surface area contributed by atoms with Crippen LogP contribution in [-0.4, -0.2) is 23.3 Å². The van der Waals surface area contributed by atoms with E-state index in [4.69, 9.17) is 5.26 Å². The van der Waals surface area contributed by atoms with Crippen molar-refractivity contribution in [2.45, 2.75) is 20.8 Å². The molecule has 1 heterocycles.